The molecule has 1 aliphatic rings. The van der Waals surface area contributed by atoms with Crippen LogP contribution in [0.1, 0.15) is 66.2 Å². The smallest absolute Gasteiger partial charge is 0.254 e. The summed E-state index contributed by atoms with van der Waals surface area (Å²) in [6, 6.07) is 0. The Hall–Kier alpha value is -1.03. The minimum atomic E-state index is -0.0107. The van der Waals surface area contributed by atoms with Crippen molar-refractivity contribution in [3.63, 3.8) is 0 Å². The Bertz CT molecular complexity index is 439. The van der Waals surface area contributed by atoms with Crippen LogP contribution in [0.2, 0.25) is 0 Å². The molecule has 0 radical (unpaired) electrons. The number of nitrogens with one attached hydrogen (secondary N) is 1. The zero-order valence-electron chi connectivity index (χ0n) is 10.7. The van der Waals surface area contributed by atoms with Crippen LogP contribution in [0, 0.1) is 0 Å². The molecule has 0 aromatic carbocycles. The summed E-state index contributed by atoms with van der Waals surface area (Å²) in [6.45, 7) is 6.99. The van der Waals surface area contributed by atoms with Gasteiger partial charge in [0.25, 0.3) is 5.91 Å². The number of nitrogens with two attached hydrogens (primary N) is 1. The molecule has 3 N–H and O–H groups in total. The fraction of sp³-hybridized carbons (Fsp3) is 0.615. The Morgan fingerprint density at radius 2 is 2.06 bits per heavy atom. The van der Waals surface area contributed by atoms with Crippen molar-refractivity contribution >= 4 is 22.2 Å². The van der Waals surface area contributed by atoms with Gasteiger partial charge in [0.2, 0.25) is 0 Å². The van der Waals surface area contributed by atoms with Gasteiger partial charge < -0.3 is 11.1 Å². The SMILES string of the molecule is CCNC(=O)c1c(N)sc2c1C(C)CCC2C. The van der Waals surface area contributed by atoms with Crippen molar-refractivity contribution in [1.29, 1.82) is 0 Å². The molecule has 0 saturated carbocycles. The highest BCUT2D eigenvalue weighted by Gasteiger charge is 2.31. The average molecular weight is 252 g/mol. The summed E-state index contributed by atoms with van der Waals surface area (Å²) in [5.74, 6) is 0.979. The molecule has 0 fully saturated rings. The van der Waals surface area contributed by atoms with Gasteiger partial charge in [0.15, 0.2) is 0 Å². The molecule has 0 saturated heterocycles. The van der Waals surface area contributed by atoms with E-state index in [1.54, 1.807) is 11.3 Å². The number of rotatable bonds is 2. The molecule has 0 bridgehead atoms. The minimum absolute atomic E-state index is 0.0107. The van der Waals surface area contributed by atoms with Crippen molar-refractivity contribution in [2.75, 3.05) is 12.3 Å². The zero-order valence-corrected chi connectivity index (χ0v) is 11.5. The standard InChI is InChI=1S/C13H20N2OS/c1-4-15-13(16)10-9-7(2)5-6-8(3)11(9)17-12(10)14/h7-8H,4-6,14H2,1-3H3,(H,15,16). The second-order valence-electron chi connectivity index (χ2n) is 4.86. The van der Waals surface area contributed by atoms with E-state index in [1.165, 1.54) is 16.9 Å². The maximum atomic E-state index is 12.1. The molecule has 2 atom stereocenters. The van der Waals surface area contributed by atoms with Gasteiger partial charge in [0, 0.05) is 11.4 Å². The summed E-state index contributed by atoms with van der Waals surface area (Å²) >= 11 is 1.60. The number of carbonyl (C=O) groups is 1. The van der Waals surface area contributed by atoms with E-state index in [0.29, 0.717) is 23.4 Å². The molecule has 2 rings (SSSR count). The van der Waals surface area contributed by atoms with Crippen LogP contribution in [-0.4, -0.2) is 12.5 Å². The number of nitrogen functional groups attached to an aromatic ring is 1. The maximum Gasteiger partial charge on any atom is 0.254 e. The van der Waals surface area contributed by atoms with Gasteiger partial charge in [0.05, 0.1) is 10.6 Å². The molecule has 0 aliphatic heterocycles. The fourth-order valence-electron chi connectivity index (χ4n) is 2.59. The molecule has 1 amide bonds. The molecule has 1 aromatic rings. The Balaban J connectivity index is 2.49. The topological polar surface area (TPSA) is 55.1 Å². The number of amides is 1. The number of hydrogen-bond acceptors (Lipinski definition) is 3. The van der Waals surface area contributed by atoms with E-state index in [-0.39, 0.29) is 5.91 Å². The van der Waals surface area contributed by atoms with E-state index in [9.17, 15) is 4.79 Å². The van der Waals surface area contributed by atoms with Gasteiger partial charge in [0.1, 0.15) is 0 Å². The van der Waals surface area contributed by atoms with Crippen LogP contribution in [0.3, 0.4) is 0 Å². The first kappa shape index (κ1) is 12.4. The number of hydrogen-bond donors (Lipinski definition) is 2. The van der Waals surface area contributed by atoms with Crippen LogP contribution >= 0.6 is 11.3 Å². The molecule has 1 heterocycles. The summed E-state index contributed by atoms with van der Waals surface area (Å²) in [5, 5.41) is 3.54. The summed E-state index contributed by atoms with van der Waals surface area (Å²) in [4.78, 5) is 13.4. The molecule has 3 nitrogen and oxygen atoms in total. The molecule has 1 aliphatic carbocycles. The molecule has 4 heteroatoms. The summed E-state index contributed by atoms with van der Waals surface area (Å²) in [6.07, 6.45) is 2.35. The third kappa shape index (κ3) is 2.06. The van der Waals surface area contributed by atoms with E-state index < -0.39 is 0 Å². The predicted molar refractivity (Wildman–Crippen MR) is 72.8 cm³/mol. The van der Waals surface area contributed by atoms with Crippen molar-refractivity contribution in [1.82, 2.24) is 5.32 Å². The first-order chi connectivity index (χ1) is 8.06. The monoisotopic (exact) mass is 252 g/mol. The summed E-state index contributed by atoms with van der Waals surface area (Å²) in [5.41, 5.74) is 7.98. The van der Waals surface area contributed by atoms with E-state index in [4.69, 9.17) is 5.73 Å². The normalized spacial score (nSPS) is 23.2. The third-order valence-electron chi connectivity index (χ3n) is 3.54. The largest absolute Gasteiger partial charge is 0.390 e. The molecule has 1 aromatic heterocycles. The number of anilines is 1. The van der Waals surface area contributed by atoms with Gasteiger partial charge in [-0.2, -0.15) is 0 Å². The van der Waals surface area contributed by atoms with Crippen LogP contribution < -0.4 is 11.1 Å². The van der Waals surface area contributed by atoms with Crippen LogP contribution in [0.15, 0.2) is 0 Å². The van der Waals surface area contributed by atoms with Crippen molar-refractivity contribution in [2.45, 2.75) is 45.4 Å². The second kappa shape index (κ2) is 4.69. The highest BCUT2D eigenvalue weighted by atomic mass is 32.1. The maximum absolute atomic E-state index is 12.1. The first-order valence-electron chi connectivity index (χ1n) is 6.26. The molecule has 0 spiro atoms. The number of fused-ring (bicyclic) bond motifs is 1. The van der Waals surface area contributed by atoms with Gasteiger partial charge in [-0.1, -0.05) is 13.8 Å². The highest BCUT2D eigenvalue weighted by molar-refractivity contribution is 7.16. The quantitative estimate of drug-likeness (QED) is 0.850. The Kier molecular flexibility index (Phi) is 3.43. The lowest BCUT2D eigenvalue weighted by Crippen LogP contribution is -2.25. The van der Waals surface area contributed by atoms with Gasteiger partial charge >= 0.3 is 0 Å². The Labute approximate surface area is 106 Å². The van der Waals surface area contributed by atoms with Gasteiger partial charge in [-0.15, -0.1) is 11.3 Å². The van der Waals surface area contributed by atoms with Crippen LogP contribution in [0.5, 0.6) is 0 Å². The first-order valence-corrected chi connectivity index (χ1v) is 7.08. The van der Waals surface area contributed by atoms with Crippen molar-refractivity contribution in [3.05, 3.63) is 16.0 Å². The number of thiophene rings is 1. The molecule has 2 unspecified atom stereocenters. The van der Waals surface area contributed by atoms with Crippen LogP contribution in [0.25, 0.3) is 0 Å². The van der Waals surface area contributed by atoms with E-state index in [1.807, 2.05) is 6.92 Å². The molecular weight excluding hydrogens is 232 g/mol. The number of carbonyl (C=O) groups excluding carboxylic acids is 1. The molecular formula is C13H20N2OS. The Morgan fingerprint density at radius 1 is 1.41 bits per heavy atom. The van der Waals surface area contributed by atoms with Crippen molar-refractivity contribution in [2.24, 2.45) is 0 Å². The molecule has 94 valence electrons. The summed E-state index contributed by atoms with van der Waals surface area (Å²) in [7, 11) is 0. The fourth-order valence-corrected chi connectivity index (χ4v) is 3.87. The lowest BCUT2D eigenvalue weighted by Gasteiger charge is -2.24. The third-order valence-corrected chi connectivity index (χ3v) is 4.80. The highest BCUT2D eigenvalue weighted by Crippen LogP contribution is 2.46. The predicted octanol–water partition coefficient (Wildman–Crippen LogP) is 3.08. The van der Waals surface area contributed by atoms with Gasteiger partial charge in [-0.3, -0.25) is 4.79 Å². The van der Waals surface area contributed by atoms with Crippen molar-refractivity contribution in [3.8, 4) is 0 Å². The van der Waals surface area contributed by atoms with E-state index in [0.717, 1.165) is 12.0 Å². The Morgan fingerprint density at radius 3 is 2.71 bits per heavy atom. The van der Waals surface area contributed by atoms with Crippen LogP contribution in [-0.2, 0) is 0 Å². The second-order valence-corrected chi connectivity index (χ2v) is 5.94. The van der Waals surface area contributed by atoms with Crippen molar-refractivity contribution < 1.29 is 4.79 Å². The van der Waals surface area contributed by atoms with E-state index >= 15 is 0 Å². The van der Waals surface area contributed by atoms with Gasteiger partial charge in [-0.25, -0.2) is 0 Å². The lowest BCUT2D eigenvalue weighted by atomic mass is 9.81. The average Bonchev–Trinajstić information content (AvgIpc) is 2.63. The lowest BCUT2D eigenvalue weighted by molar-refractivity contribution is 0.0955. The summed E-state index contributed by atoms with van der Waals surface area (Å²) < 4.78 is 0. The molecule has 17 heavy (non-hydrogen) atoms. The van der Waals surface area contributed by atoms with Gasteiger partial charge in [-0.05, 0) is 37.2 Å². The minimum Gasteiger partial charge on any atom is -0.390 e. The van der Waals surface area contributed by atoms with E-state index in [2.05, 4.69) is 19.2 Å². The zero-order chi connectivity index (χ0) is 12.6. The van der Waals surface area contributed by atoms with Crippen LogP contribution in [0.4, 0.5) is 5.00 Å².